The third-order valence-corrected chi connectivity index (χ3v) is 4.76. The molecule has 0 fully saturated rings. The standard InChI is InChI=1S/C24H30N2O6/c1-6-20-19(15-17(2)21(27)30-5)26(22(28)24(3,4)32-20)14-10-13-25-23(29)31-16-18-11-8-7-9-12-18/h6-9,11-12,15H,1,10,13-14,16H2,2-5H3,(H,25,29)/b17-15+. The van der Waals surface area contributed by atoms with Crippen LogP contribution in [-0.4, -0.2) is 48.7 Å². The molecule has 1 aliphatic rings. The maximum absolute atomic E-state index is 13.0. The highest BCUT2D eigenvalue weighted by atomic mass is 16.5. The van der Waals surface area contributed by atoms with E-state index in [0.29, 0.717) is 36.5 Å². The van der Waals surface area contributed by atoms with Crippen LogP contribution >= 0.6 is 0 Å². The molecule has 2 amide bonds. The van der Waals surface area contributed by atoms with Crippen LogP contribution in [0.15, 0.2) is 66.1 Å². The molecule has 0 saturated carbocycles. The average Bonchev–Trinajstić information content (AvgIpc) is 2.79. The number of esters is 1. The predicted octanol–water partition coefficient (Wildman–Crippen LogP) is 3.46. The second kappa shape index (κ2) is 11.2. The van der Waals surface area contributed by atoms with E-state index in [1.54, 1.807) is 20.8 Å². The third-order valence-electron chi connectivity index (χ3n) is 4.76. The molecule has 8 heteroatoms. The van der Waals surface area contributed by atoms with E-state index in [9.17, 15) is 14.4 Å². The van der Waals surface area contributed by atoms with Crippen molar-refractivity contribution in [2.24, 2.45) is 0 Å². The highest BCUT2D eigenvalue weighted by Gasteiger charge is 2.40. The van der Waals surface area contributed by atoms with Crippen molar-refractivity contribution in [2.75, 3.05) is 20.2 Å². The Bertz CT molecular complexity index is 918. The Hall–Kier alpha value is -3.55. The van der Waals surface area contributed by atoms with Crippen LogP contribution in [0.2, 0.25) is 0 Å². The molecular formula is C24H30N2O6. The number of allylic oxidation sites excluding steroid dienone is 2. The molecule has 1 aromatic rings. The zero-order valence-electron chi connectivity index (χ0n) is 19.0. The first kappa shape index (κ1) is 24.7. The maximum atomic E-state index is 13.0. The summed E-state index contributed by atoms with van der Waals surface area (Å²) in [6, 6.07) is 9.37. The zero-order chi connectivity index (χ0) is 23.7. The molecule has 172 valence electrons. The first-order chi connectivity index (χ1) is 15.2. The second-order valence-electron chi connectivity index (χ2n) is 7.68. The molecule has 0 bridgehead atoms. The van der Waals surface area contributed by atoms with Crippen molar-refractivity contribution >= 4 is 18.0 Å². The number of nitrogens with one attached hydrogen (secondary N) is 1. The summed E-state index contributed by atoms with van der Waals surface area (Å²) in [7, 11) is 1.29. The van der Waals surface area contributed by atoms with E-state index in [1.165, 1.54) is 24.2 Å². The van der Waals surface area contributed by atoms with E-state index >= 15 is 0 Å². The van der Waals surface area contributed by atoms with Gasteiger partial charge in [-0.05, 0) is 44.9 Å². The van der Waals surface area contributed by atoms with Crippen molar-refractivity contribution in [2.45, 2.75) is 39.4 Å². The second-order valence-corrected chi connectivity index (χ2v) is 7.68. The van der Waals surface area contributed by atoms with Gasteiger partial charge in [-0.3, -0.25) is 4.79 Å². The number of hydrogen-bond acceptors (Lipinski definition) is 6. The molecule has 8 nitrogen and oxygen atoms in total. The summed E-state index contributed by atoms with van der Waals surface area (Å²) in [4.78, 5) is 38.3. The minimum absolute atomic E-state index is 0.177. The van der Waals surface area contributed by atoms with E-state index in [2.05, 4.69) is 11.9 Å². The summed E-state index contributed by atoms with van der Waals surface area (Å²) in [6.07, 6.45) is 2.96. The van der Waals surface area contributed by atoms with E-state index in [-0.39, 0.29) is 12.5 Å². The van der Waals surface area contributed by atoms with Crippen molar-refractivity contribution in [3.05, 3.63) is 71.7 Å². The van der Waals surface area contributed by atoms with Crippen molar-refractivity contribution in [1.82, 2.24) is 10.2 Å². The number of methoxy groups -OCH3 is 1. The molecular weight excluding hydrogens is 412 g/mol. The fraction of sp³-hybridized carbons (Fsp3) is 0.375. The number of carbonyl (C=O) groups is 3. The summed E-state index contributed by atoms with van der Waals surface area (Å²) in [6.45, 7) is 9.45. The highest BCUT2D eigenvalue weighted by molar-refractivity contribution is 5.91. The fourth-order valence-electron chi connectivity index (χ4n) is 3.08. The van der Waals surface area contributed by atoms with Gasteiger partial charge in [-0.15, -0.1) is 0 Å². The summed E-state index contributed by atoms with van der Waals surface area (Å²) < 4.78 is 15.7. The van der Waals surface area contributed by atoms with Crippen LogP contribution in [-0.2, 0) is 30.4 Å². The maximum Gasteiger partial charge on any atom is 0.407 e. The van der Waals surface area contributed by atoms with E-state index < -0.39 is 17.7 Å². The van der Waals surface area contributed by atoms with Gasteiger partial charge in [0.05, 0.1) is 12.8 Å². The normalized spacial score (nSPS) is 15.7. The topological polar surface area (TPSA) is 94.2 Å². The van der Waals surface area contributed by atoms with Gasteiger partial charge in [0.2, 0.25) is 0 Å². The lowest BCUT2D eigenvalue weighted by Gasteiger charge is -2.39. The molecule has 0 radical (unpaired) electrons. The quantitative estimate of drug-likeness (QED) is 0.358. The monoisotopic (exact) mass is 442 g/mol. The van der Waals surface area contributed by atoms with Crippen LogP contribution < -0.4 is 5.32 Å². The minimum atomic E-state index is -1.10. The first-order valence-corrected chi connectivity index (χ1v) is 10.3. The van der Waals surface area contributed by atoms with Crippen molar-refractivity contribution in [3.8, 4) is 0 Å². The van der Waals surface area contributed by atoms with Crippen LogP contribution in [0.4, 0.5) is 4.79 Å². The van der Waals surface area contributed by atoms with E-state index in [1.807, 2.05) is 30.3 Å². The van der Waals surface area contributed by atoms with Crippen LogP contribution in [0.3, 0.4) is 0 Å². The van der Waals surface area contributed by atoms with Gasteiger partial charge in [-0.2, -0.15) is 0 Å². The van der Waals surface area contributed by atoms with Crippen molar-refractivity contribution < 1.29 is 28.6 Å². The number of carbonyl (C=O) groups excluding carboxylic acids is 3. The first-order valence-electron chi connectivity index (χ1n) is 10.3. The van der Waals surface area contributed by atoms with Gasteiger partial charge >= 0.3 is 12.1 Å². The summed E-state index contributed by atoms with van der Waals surface area (Å²) in [5.74, 6) is -0.396. The molecule has 0 spiro atoms. The van der Waals surface area contributed by atoms with Gasteiger partial charge in [0, 0.05) is 18.7 Å². The molecule has 1 heterocycles. The fourth-order valence-corrected chi connectivity index (χ4v) is 3.08. The van der Waals surface area contributed by atoms with E-state index in [4.69, 9.17) is 14.2 Å². The lowest BCUT2D eigenvalue weighted by atomic mass is 10.0. The van der Waals surface area contributed by atoms with Gasteiger partial charge in [-0.1, -0.05) is 36.9 Å². The number of amides is 2. The Labute approximate surface area is 188 Å². The van der Waals surface area contributed by atoms with Gasteiger partial charge in [-0.25, -0.2) is 9.59 Å². The van der Waals surface area contributed by atoms with Crippen LogP contribution in [0.25, 0.3) is 0 Å². The largest absolute Gasteiger partial charge is 0.476 e. The molecule has 0 unspecified atom stereocenters. The summed E-state index contributed by atoms with van der Waals surface area (Å²) in [5, 5.41) is 2.68. The minimum Gasteiger partial charge on any atom is -0.476 e. The molecule has 0 saturated heterocycles. The van der Waals surface area contributed by atoms with Crippen molar-refractivity contribution in [3.63, 3.8) is 0 Å². The molecule has 1 aromatic carbocycles. The van der Waals surface area contributed by atoms with E-state index in [0.717, 1.165) is 5.56 Å². The molecule has 32 heavy (non-hydrogen) atoms. The summed E-state index contributed by atoms with van der Waals surface area (Å²) in [5.41, 5.74) is 0.523. The molecule has 0 aliphatic carbocycles. The SMILES string of the molecule is C=CC1=C(/C=C(\C)C(=O)OC)N(CCCNC(=O)OCc2ccccc2)C(=O)C(C)(C)O1. The number of nitrogens with zero attached hydrogens (tertiary/aromatic N) is 1. The Morgan fingerprint density at radius 2 is 1.94 bits per heavy atom. The third kappa shape index (κ3) is 6.47. The van der Waals surface area contributed by atoms with Crippen molar-refractivity contribution in [1.29, 1.82) is 0 Å². The zero-order valence-corrected chi connectivity index (χ0v) is 19.0. The molecule has 0 atom stereocenters. The Kier molecular flexibility index (Phi) is 8.63. The molecule has 2 rings (SSSR count). The smallest absolute Gasteiger partial charge is 0.407 e. The Balaban J connectivity index is 2.02. The number of hydrogen-bond donors (Lipinski definition) is 1. The molecule has 1 N–H and O–H groups in total. The highest BCUT2D eigenvalue weighted by Crippen LogP contribution is 2.31. The number of alkyl carbamates (subject to hydrolysis) is 1. The Morgan fingerprint density at radius 1 is 1.25 bits per heavy atom. The lowest BCUT2D eigenvalue weighted by molar-refractivity contribution is -0.151. The average molecular weight is 443 g/mol. The lowest BCUT2D eigenvalue weighted by Crippen LogP contribution is -2.50. The van der Waals surface area contributed by atoms with Gasteiger partial charge in [0.15, 0.2) is 5.60 Å². The van der Waals surface area contributed by atoms with Gasteiger partial charge in [0.1, 0.15) is 12.4 Å². The van der Waals surface area contributed by atoms with Crippen LogP contribution in [0.5, 0.6) is 0 Å². The Morgan fingerprint density at radius 3 is 2.56 bits per heavy atom. The number of ether oxygens (including phenoxy) is 3. The van der Waals surface area contributed by atoms with Gasteiger partial charge < -0.3 is 24.4 Å². The molecule has 0 aromatic heterocycles. The summed E-state index contributed by atoms with van der Waals surface area (Å²) >= 11 is 0. The predicted molar refractivity (Wildman–Crippen MR) is 119 cm³/mol. The molecule has 1 aliphatic heterocycles. The van der Waals surface area contributed by atoms with Gasteiger partial charge in [0.25, 0.3) is 5.91 Å². The van der Waals surface area contributed by atoms with Crippen LogP contribution in [0, 0.1) is 0 Å². The number of rotatable bonds is 9. The number of benzene rings is 1. The van der Waals surface area contributed by atoms with Crippen LogP contribution in [0.1, 0.15) is 32.8 Å².